The van der Waals surface area contributed by atoms with Gasteiger partial charge in [-0.15, -0.1) is 0 Å². The fraction of sp³-hybridized carbons (Fsp3) is 0. The Bertz CT molecular complexity index is 8.00. The predicted octanol–water partition coefficient (Wildman–Crippen LogP) is -2.48. The SMILES string of the molecule is B.N.[Ir].[SiH4]. The van der Waals surface area contributed by atoms with E-state index in [9.17, 15) is 0 Å². The van der Waals surface area contributed by atoms with Gasteiger partial charge in [0.15, 0.2) is 0 Å². The van der Waals surface area contributed by atoms with Gasteiger partial charge in [0.1, 0.15) is 0 Å². The third-order valence-electron chi connectivity index (χ3n) is 0. The average molecular weight is 255 g/mol. The van der Waals surface area contributed by atoms with E-state index < -0.39 is 0 Å². The molecular weight excluding hydrogens is 245 g/mol. The van der Waals surface area contributed by atoms with Crippen molar-refractivity contribution in [2.75, 3.05) is 0 Å². The molecule has 0 saturated heterocycles. The molecule has 0 bridgehead atoms. The fourth-order valence-electron chi connectivity index (χ4n) is 0. The van der Waals surface area contributed by atoms with Crippen molar-refractivity contribution in [3.05, 3.63) is 0 Å². The van der Waals surface area contributed by atoms with E-state index in [1.165, 1.54) is 0 Å². The van der Waals surface area contributed by atoms with Crippen molar-refractivity contribution in [3.8, 4) is 0 Å². The van der Waals surface area contributed by atoms with Crippen LogP contribution in [0.3, 0.4) is 0 Å². The Kier molecular flexibility index (Phi) is 955. The van der Waals surface area contributed by atoms with Gasteiger partial charge in [-0.25, -0.2) is 0 Å². The minimum absolute atomic E-state index is 0. The summed E-state index contributed by atoms with van der Waals surface area (Å²) in [5, 5.41) is 0. The van der Waals surface area contributed by atoms with Crippen molar-refractivity contribution < 1.29 is 20.1 Å². The molecule has 4 heavy (non-hydrogen) atoms. The Morgan fingerprint density at radius 1 is 1.00 bits per heavy atom. The summed E-state index contributed by atoms with van der Waals surface area (Å²) in [6.07, 6.45) is 0. The van der Waals surface area contributed by atoms with Gasteiger partial charge >= 0.3 is 0 Å². The molecule has 0 rings (SSSR count). The summed E-state index contributed by atoms with van der Waals surface area (Å²) in [5.41, 5.74) is 0. The van der Waals surface area contributed by atoms with Crippen molar-refractivity contribution >= 4 is 19.4 Å². The van der Waals surface area contributed by atoms with Crippen molar-refractivity contribution in [3.63, 3.8) is 0 Å². The summed E-state index contributed by atoms with van der Waals surface area (Å²) in [6.45, 7) is 0. The van der Waals surface area contributed by atoms with Gasteiger partial charge in [-0.1, -0.05) is 0 Å². The van der Waals surface area contributed by atoms with Crippen LogP contribution in [-0.4, -0.2) is 19.4 Å². The molecule has 0 fully saturated rings. The van der Waals surface area contributed by atoms with Crippen LogP contribution in [0.15, 0.2) is 0 Å². The van der Waals surface area contributed by atoms with E-state index >= 15 is 0 Å². The molecule has 4 heteroatoms. The van der Waals surface area contributed by atoms with Gasteiger partial charge < -0.3 is 6.15 Å². The normalized spacial score (nSPS) is 0. The molecule has 0 aromatic rings. The first-order chi connectivity index (χ1) is 0. The molecule has 1 nitrogen and oxygen atoms in total. The molecule has 1 radical (unpaired) electrons. The summed E-state index contributed by atoms with van der Waals surface area (Å²) in [6, 6.07) is 0. The molecule has 31 valence electrons. The largest absolute Gasteiger partial charge is 0.344 e. The molecule has 0 atom stereocenters. The molecule has 0 aromatic carbocycles. The van der Waals surface area contributed by atoms with E-state index in [1.807, 2.05) is 0 Å². The smallest absolute Gasteiger partial charge is 0.0814 e. The second kappa shape index (κ2) is 41.0. The van der Waals surface area contributed by atoms with E-state index in [4.69, 9.17) is 0 Å². The van der Waals surface area contributed by atoms with Crippen LogP contribution in [0.25, 0.3) is 0 Å². The maximum Gasteiger partial charge on any atom is 0.0814 e. The third-order valence-corrected chi connectivity index (χ3v) is 0. The Balaban J connectivity index is 0. The monoisotopic (exact) mass is 256 g/mol. The van der Waals surface area contributed by atoms with Gasteiger partial charge in [0.05, 0.1) is 8.41 Å². The van der Waals surface area contributed by atoms with Crippen LogP contribution in [0.5, 0.6) is 0 Å². The van der Waals surface area contributed by atoms with Gasteiger partial charge in [0.25, 0.3) is 0 Å². The van der Waals surface area contributed by atoms with E-state index in [0.717, 1.165) is 0 Å². The van der Waals surface area contributed by atoms with Crippen molar-refractivity contribution in [1.82, 2.24) is 6.15 Å². The molecular formula is H10BIrNSi. The quantitative estimate of drug-likeness (QED) is 0.478. The molecule has 0 heterocycles. The summed E-state index contributed by atoms with van der Waals surface area (Å²) in [4.78, 5) is 0. The minimum Gasteiger partial charge on any atom is -0.344 e. The molecule has 3 N–H and O–H groups in total. The predicted molar refractivity (Wildman–Crippen MR) is 26.3 cm³/mol. The molecule has 0 spiro atoms. The molecule has 0 saturated carbocycles. The maximum absolute atomic E-state index is 0. The number of rotatable bonds is 0. The number of hydrogen-bond acceptors (Lipinski definition) is 1. The summed E-state index contributed by atoms with van der Waals surface area (Å²) in [7, 11) is 0. The second-order valence-corrected chi connectivity index (χ2v) is 0. The van der Waals surface area contributed by atoms with Crippen LogP contribution in [-0.2, 0) is 20.1 Å². The van der Waals surface area contributed by atoms with E-state index in [2.05, 4.69) is 0 Å². The zero-order chi connectivity index (χ0) is 0. The van der Waals surface area contributed by atoms with Crippen molar-refractivity contribution in [1.29, 1.82) is 0 Å². The van der Waals surface area contributed by atoms with Crippen LogP contribution in [0.2, 0.25) is 0 Å². The Morgan fingerprint density at radius 2 is 1.00 bits per heavy atom. The summed E-state index contributed by atoms with van der Waals surface area (Å²) < 4.78 is 0. The van der Waals surface area contributed by atoms with E-state index in [1.54, 1.807) is 0 Å². The van der Waals surface area contributed by atoms with Gasteiger partial charge in [-0.2, -0.15) is 0 Å². The molecule has 0 amide bonds. The topological polar surface area (TPSA) is 35.0 Å². The number of hydrogen-bond donors (Lipinski definition) is 1. The van der Waals surface area contributed by atoms with Crippen molar-refractivity contribution in [2.24, 2.45) is 0 Å². The van der Waals surface area contributed by atoms with Crippen molar-refractivity contribution in [2.45, 2.75) is 0 Å². The Morgan fingerprint density at radius 3 is 1.00 bits per heavy atom. The van der Waals surface area contributed by atoms with Gasteiger partial charge in [0, 0.05) is 20.1 Å². The standard InChI is InChI=1S/BH3.Ir.H3N.H4Si/h1H3;;1H3;1H4. The summed E-state index contributed by atoms with van der Waals surface area (Å²) >= 11 is 0. The van der Waals surface area contributed by atoms with Gasteiger partial charge in [-0.3, -0.25) is 0 Å². The molecule has 0 aromatic heterocycles. The Hall–Kier alpha value is 0.891. The van der Waals surface area contributed by atoms with Crippen LogP contribution in [0.1, 0.15) is 0 Å². The zero-order valence-electron chi connectivity index (χ0n) is 1.04. The van der Waals surface area contributed by atoms with Gasteiger partial charge in [-0.05, 0) is 11.0 Å². The van der Waals surface area contributed by atoms with Crippen LogP contribution < -0.4 is 6.15 Å². The molecule has 0 aliphatic rings. The zero-order valence-corrected chi connectivity index (χ0v) is 3.44. The maximum atomic E-state index is 0. The third kappa shape index (κ3) is 13.0. The molecule has 0 unspecified atom stereocenters. The first-order valence-electron chi connectivity index (χ1n) is 0. The van der Waals surface area contributed by atoms with E-state index in [-0.39, 0.29) is 45.6 Å². The fourth-order valence-corrected chi connectivity index (χ4v) is 0. The summed E-state index contributed by atoms with van der Waals surface area (Å²) in [5.74, 6) is 0. The second-order valence-electron chi connectivity index (χ2n) is 0. The first kappa shape index (κ1) is 93.3. The molecule has 0 aliphatic heterocycles. The minimum atomic E-state index is 0. The van der Waals surface area contributed by atoms with Crippen LogP contribution in [0, 0.1) is 0 Å². The van der Waals surface area contributed by atoms with Gasteiger partial charge in [0.2, 0.25) is 0 Å². The molecule has 0 aliphatic carbocycles. The van der Waals surface area contributed by atoms with Crippen LogP contribution in [0.4, 0.5) is 0 Å². The first-order valence-corrected chi connectivity index (χ1v) is 0. The van der Waals surface area contributed by atoms with Crippen LogP contribution >= 0.6 is 0 Å². The Labute approximate surface area is 46.1 Å². The average Bonchev–Trinajstić information content (AvgIpc) is 0. The van der Waals surface area contributed by atoms with E-state index in [0.29, 0.717) is 0 Å².